The zero-order valence-electron chi connectivity index (χ0n) is 33.3. The number of aliphatic hydroxyl groups excluding tert-OH is 1. The first kappa shape index (κ1) is 40.2. The summed E-state index contributed by atoms with van der Waals surface area (Å²) in [4.78, 5) is 47.3. The van der Waals surface area contributed by atoms with Crippen LogP contribution >= 0.6 is 0 Å². The lowest BCUT2D eigenvalue weighted by atomic mass is 9.45. The van der Waals surface area contributed by atoms with Gasteiger partial charge in [0.2, 0.25) is 5.91 Å². The molecule has 0 spiro atoms. The lowest BCUT2D eigenvalue weighted by molar-refractivity contribution is -0.176. The lowest BCUT2D eigenvalue weighted by Gasteiger charge is -2.62. The fraction of sp³-hybridized carbons (Fsp3) is 0.512. The Bertz CT molecular complexity index is 1880. The van der Waals surface area contributed by atoms with Gasteiger partial charge in [-0.3, -0.25) is 14.4 Å². The van der Waals surface area contributed by atoms with Crippen LogP contribution in [0.15, 0.2) is 60.7 Å². The summed E-state index contributed by atoms with van der Waals surface area (Å²) in [6.45, 7) is 9.61. The topological polar surface area (TPSA) is 153 Å². The maximum absolute atomic E-state index is 14.6. The van der Waals surface area contributed by atoms with E-state index in [9.17, 15) is 24.6 Å². The SMILES string of the molecule is CNC(=O)c1cc(-c2cccc(CN3O[C@@H](CNCc4ccc(C(=O)O)cc4)[C@@H]([C@H](C)O)[C@H]3C(=O)N[C@H]3C[C@H]4C[C@@H]([C@@H]3C)C4(C)C)c2OC)cc(N(C)C)c1. The van der Waals surface area contributed by atoms with Gasteiger partial charge in [0.25, 0.3) is 5.91 Å². The van der Waals surface area contributed by atoms with E-state index in [1.165, 1.54) is 6.42 Å². The Morgan fingerprint density at radius 2 is 1.78 bits per heavy atom. The van der Waals surface area contributed by atoms with Crippen LogP contribution in [-0.2, 0) is 22.7 Å². The number of amides is 2. The summed E-state index contributed by atoms with van der Waals surface area (Å²) in [5, 5.41) is 31.9. The number of carboxylic acids is 1. The second kappa shape index (κ2) is 16.3. The molecule has 1 aliphatic heterocycles. The van der Waals surface area contributed by atoms with Gasteiger partial charge < -0.3 is 35.8 Å². The first-order valence-corrected chi connectivity index (χ1v) is 19.3. The number of anilines is 1. The van der Waals surface area contributed by atoms with Crippen LogP contribution in [0.25, 0.3) is 11.1 Å². The summed E-state index contributed by atoms with van der Waals surface area (Å²) in [5.74, 6) is 0.106. The standard InChI is InChI=1S/C43H57N5O7/c1-24-34-19-31(43(34,3)4)20-35(24)46-41(51)38-37(25(2)49)36(22-45-21-26-12-14-27(15-13-26)42(52)53)55-48(38)23-28-10-9-11-33(39(28)54-8)29-16-30(40(50)44-5)18-32(17-29)47(6)7/h9-18,24-25,31,34-38,45,49H,19-23H2,1-8H3,(H,44,50)(H,46,51)(H,52,53)/t24-,25-,31+,34-,35-,36-,37+,38-/m0/s1. The number of carbonyl (C=O) groups excluding carboxylic acids is 2. The molecule has 4 fully saturated rings. The molecule has 5 N–H and O–H groups in total. The molecular weight excluding hydrogens is 699 g/mol. The number of carbonyl (C=O) groups is 3. The van der Waals surface area contributed by atoms with E-state index in [0.717, 1.165) is 34.4 Å². The second-order valence-electron chi connectivity index (χ2n) is 16.4. The van der Waals surface area contributed by atoms with Crippen LogP contribution in [0.1, 0.15) is 72.4 Å². The van der Waals surface area contributed by atoms with E-state index in [-0.39, 0.29) is 35.4 Å². The Morgan fingerprint density at radius 3 is 2.38 bits per heavy atom. The van der Waals surface area contributed by atoms with Gasteiger partial charge >= 0.3 is 5.97 Å². The maximum atomic E-state index is 14.6. The number of para-hydroxylation sites is 1. The van der Waals surface area contributed by atoms with Crippen molar-refractivity contribution in [1.82, 2.24) is 21.0 Å². The third-order valence-electron chi connectivity index (χ3n) is 12.6. The van der Waals surface area contributed by atoms with Gasteiger partial charge in [-0.2, -0.15) is 5.06 Å². The van der Waals surface area contributed by atoms with E-state index >= 15 is 0 Å². The number of hydrogen-bond acceptors (Lipinski definition) is 9. The average Bonchev–Trinajstić information content (AvgIpc) is 3.52. The van der Waals surface area contributed by atoms with Crippen LogP contribution < -0.4 is 25.6 Å². The molecule has 2 bridgehead atoms. The number of carboxylic acid groups (broad SMARTS) is 1. The zero-order chi connectivity index (χ0) is 39.8. The lowest BCUT2D eigenvalue weighted by Crippen LogP contribution is -2.62. The van der Waals surface area contributed by atoms with Gasteiger partial charge in [-0.05, 0) is 84.4 Å². The van der Waals surface area contributed by atoms with Gasteiger partial charge in [0.05, 0.1) is 31.4 Å². The van der Waals surface area contributed by atoms with Crippen molar-refractivity contribution < 1.29 is 34.2 Å². The van der Waals surface area contributed by atoms with Crippen molar-refractivity contribution in [3.05, 3.63) is 82.9 Å². The monoisotopic (exact) mass is 755 g/mol. The molecule has 3 aromatic carbocycles. The predicted molar refractivity (Wildman–Crippen MR) is 212 cm³/mol. The molecular formula is C43H57N5O7. The maximum Gasteiger partial charge on any atom is 0.335 e. The van der Waals surface area contributed by atoms with Gasteiger partial charge in [0.1, 0.15) is 11.8 Å². The molecule has 4 aliphatic rings. The van der Waals surface area contributed by atoms with Crippen LogP contribution in [0.3, 0.4) is 0 Å². The minimum Gasteiger partial charge on any atom is -0.496 e. The van der Waals surface area contributed by atoms with Crippen LogP contribution in [0.5, 0.6) is 5.75 Å². The molecule has 296 valence electrons. The van der Waals surface area contributed by atoms with E-state index in [1.54, 1.807) is 50.4 Å². The highest BCUT2D eigenvalue weighted by Crippen LogP contribution is 2.61. The van der Waals surface area contributed by atoms with Crippen molar-refractivity contribution in [2.24, 2.45) is 29.1 Å². The van der Waals surface area contributed by atoms with E-state index in [1.807, 2.05) is 55.4 Å². The van der Waals surface area contributed by atoms with Crippen molar-refractivity contribution in [3.63, 3.8) is 0 Å². The summed E-state index contributed by atoms with van der Waals surface area (Å²) < 4.78 is 6.08. The van der Waals surface area contributed by atoms with Gasteiger partial charge in [0, 0.05) is 68.6 Å². The highest BCUT2D eigenvalue weighted by Gasteiger charge is 2.57. The molecule has 1 heterocycles. The zero-order valence-corrected chi connectivity index (χ0v) is 33.3. The number of methoxy groups -OCH3 is 1. The van der Waals surface area contributed by atoms with Gasteiger partial charge in [-0.25, -0.2) is 4.79 Å². The Morgan fingerprint density at radius 1 is 1.05 bits per heavy atom. The third kappa shape index (κ3) is 8.09. The molecule has 0 radical (unpaired) electrons. The van der Waals surface area contributed by atoms with Crippen molar-refractivity contribution in [1.29, 1.82) is 0 Å². The normalized spacial score (nSPS) is 26.1. The van der Waals surface area contributed by atoms with E-state index in [4.69, 9.17) is 9.57 Å². The molecule has 2 amide bonds. The number of aromatic carboxylic acids is 1. The van der Waals surface area contributed by atoms with Crippen molar-refractivity contribution in [2.45, 2.75) is 77.9 Å². The number of ether oxygens (including phenoxy) is 1. The molecule has 8 atom stereocenters. The van der Waals surface area contributed by atoms with Gasteiger partial charge in [-0.15, -0.1) is 0 Å². The minimum atomic E-state index is -0.982. The highest BCUT2D eigenvalue weighted by molar-refractivity contribution is 5.97. The Hall–Kier alpha value is -4.49. The molecule has 12 heteroatoms. The molecule has 7 rings (SSSR count). The molecule has 3 aliphatic carbocycles. The van der Waals surface area contributed by atoms with Crippen molar-refractivity contribution in [2.75, 3.05) is 39.7 Å². The van der Waals surface area contributed by atoms with Crippen molar-refractivity contribution in [3.8, 4) is 16.9 Å². The number of hydrogen-bond donors (Lipinski definition) is 5. The molecule has 3 saturated carbocycles. The number of rotatable bonds is 14. The molecule has 0 aromatic heterocycles. The van der Waals surface area contributed by atoms with Crippen LogP contribution in [0.4, 0.5) is 5.69 Å². The molecule has 3 aromatic rings. The fourth-order valence-electron chi connectivity index (χ4n) is 9.27. The number of nitrogens with one attached hydrogen (secondary N) is 3. The average molecular weight is 756 g/mol. The number of aliphatic hydroxyl groups is 1. The molecule has 12 nitrogen and oxygen atoms in total. The van der Waals surface area contributed by atoms with Crippen LogP contribution in [0.2, 0.25) is 0 Å². The van der Waals surface area contributed by atoms with Gasteiger partial charge in [-0.1, -0.05) is 51.1 Å². The van der Waals surface area contributed by atoms with E-state index < -0.39 is 30.1 Å². The minimum absolute atomic E-state index is 0.0306. The Kier molecular flexibility index (Phi) is 11.9. The largest absolute Gasteiger partial charge is 0.496 e. The van der Waals surface area contributed by atoms with Crippen molar-refractivity contribution >= 4 is 23.5 Å². The Balaban J connectivity index is 1.30. The summed E-state index contributed by atoms with van der Waals surface area (Å²) in [7, 11) is 7.06. The Labute approximate surface area is 324 Å². The van der Waals surface area contributed by atoms with E-state index in [2.05, 4.69) is 36.7 Å². The highest BCUT2D eigenvalue weighted by atomic mass is 16.7. The second-order valence-corrected chi connectivity index (χ2v) is 16.4. The first-order valence-electron chi connectivity index (χ1n) is 19.3. The van der Waals surface area contributed by atoms with Gasteiger partial charge in [0.15, 0.2) is 0 Å². The summed E-state index contributed by atoms with van der Waals surface area (Å²) in [5.41, 5.74) is 5.11. The third-order valence-corrected chi connectivity index (χ3v) is 12.6. The number of nitrogens with zero attached hydrogens (tertiary/aromatic N) is 2. The molecule has 0 unspecified atom stereocenters. The van der Waals surface area contributed by atoms with E-state index in [0.29, 0.717) is 42.2 Å². The quantitative estimate of drug-likeness (QED) is 0.153. The number of benzene rings is 3. The smallest absolute Gasteiger partial charge is 0.335 e. The summed E-state index contributed by atoms with van der Waals surface area (Å²) in [6, 6.07) is 17.4. The fourth-order valence-corrected chi connectivity index (χ4v) is 9.27. The molecule has 55 heavy (non-hydrogen) atoms. The number of fused-ring (bicyclic) bond motifs is 2. The summed E-state index contributed by atoms with van der Waals surface area (Å²) >= 11 is 0. The number of hydroxylamine groups is 2. The first-order chi connectivity index (χ1) is 26.1. The van der Waals surface area contributed by atoms with Crippen LogP contribution in [0, 0.1) is 29.1 Å². The summed E-state index contributed by atoms with van der Waals surface area (Å²) in [6.07, 6.45) is 0.699. The predicted octanol–water partition coefficient (Wildman–Crippen LogP) is 4.94. The van der Waals surface area contributed by atoms with Crippen LogP contribution in [-0.4, -0.2) is 92.1 Å². The molecule has 1 saturated heterocycles.